The average molecular weight is 287 g/mol. The number of urea groups is 1. The molecule has 0 aromatic carbocycles. The summed E-state index contributed by atoms with van der Waals surface area (Å²) in [6.07, 6.45) is 4.27. The Hall–Kier alpha value is -1.77. The Labute approximate surface area is 114 Å². The van der Waals surface area contributed by atoms with E-state index in [9.17, 15) is 9.59 Å². The first kappa shape index (κ1) is 15.3. The van der Waals surface area contributed by atoms with Gasteiger partial charge in [0.05, 0.1) is 12.7 Å². The number of carbonyl (C=O) groups excluding carboxylic acids is 1. The molecule has 0 fully saturated rings. The molecule has 19 heavy (non-hydrogen) atoms. The molecule has 2 amide bonds. The van der Waals surface area contributed by atoms with Crippen molar-refractivity contribution in [2.75, 3.05) is 25.1 Å². The Morgan fingerprint density at radius 3 is 2.79 bits per heavy atom. The van der Waals surface area contributed by atoms with Gasteiger partial charge in [0.25, 0.3) is 0 Å². The third-order valence-corrected chi connectivity index (χ3v) is 2.89. The number of nitrogens with one attached hydrogen (secondary N) is 2. The summed E-state index contributed by atoms with van der Waals surface area (Å²) in [6, 6.07) is -0.236. The van der Waals surface area contributed by atoms with Crippen LogP contribution in [0.1, 0.15) is 16.9 Å². The Morgan fingerprint density at radius 1 is 1.42 bits per heavy atom. The molecule has 0 aliphatic rings. The molecule has 0 unspecified atom stereocenters. The van der Waals surface area contributed by atoms with Gasteiger partial charge in [-0.15, -0.1) is 5.10 Å². The van der Waals surface area contributed by atoms with Gasteiger partial charge in [0, 0.05) is 13.1 Å². The number of hydrogen-bond donors (Lipinski definition) is 3. The molecule has 0 saturated carbocycles. The summed E-state index contributed by atoms with van der Waals surface area (Å²) in [5.74, 6) is -0.109. The molecule has 0 radical (unpaired) electrons. The highest BCUT2D eigenvalue weighted by Crippen LogP contribution is 1.93. The number of nitrogens with zero attached hydrogens (tertiary/aromatic N) is 3. The molecule has 0 spiro atoms. The molecular weight excluding hydrogens is 270 g/mol. The summed E-state index contributed by atoms with van der Waals surface area (Å²) in [6.45, 7) is 1.37. The maximum atomic E-state index is 11.3. The van der Waals surface area contributed by atoms with E-state index in [2.05, 4.69) is 20.9 Å². The van der Waals surface area contributed by atoms with Gasteiger partial charge in [-0.3, -0.25) is 0 Å². The van der Waals surface area contributed by atoms with Crippen LogP contribution in [0.3, 0.4) is 0 Å². The first-order valence-electron chi connectivity index (χ1n) is 5.77. The Bertz CT molecular complexity index is 423. The van der Waals surface area contributed by atoms with E-state index in [1.807, 2.05) is 6.26 Å². The van der Waals surface area contributed by atoms with Crippen LogP contribution in [0.5, 0.6) is 0 Å². The molecule has 3 N–H and O–H groups in total. The molecule has 0 aliphatic carbocycles. The average Bonchev–Trinajstić information content (AvgIpc) is 2.84. The summed E-state index contributed by atoms with van der Waals surface area (Å²) in [4.78, 5) is 21.9. The summed E-state index contributed by atoms with van der Waals surface area (Å²) in [5.41, 5.74) is -0.110. The van der Waals surface area contributed by atoms with E-state index in [1.165, 1.54) is 10.9 Å². The lowest BCUT2D eigenvalue weighted by molar-refractivity contribution is 0.0690. The van der Waals surface area contributed by atoms with Crippen LogP contribution in [0.15, 0.2) is 6.20 Å². The highest BCUT2D eigenvalue weighted by molar-refractivity contribution is 7.98. The predicted octanol–water partition coefficient (Wildman–Crippen LogP) is 0.0286. The van der Waals surface area contributed by atoms with Crippen molar-refractivity contribution in [2.24, 2.45) is 0 Å². The van der Waals surface area contributed by atoms with Crippen LogP contribution in [0.2, 0.25) is 0 Å². The largest absolute Gasteiger partial charge is 0.476 e. The SMILES string of the molecule is CSCCCNC(=O)NCCn1cc(C(=O)O)nn1. The lowest BCUT2D eigenvalue weighted by Crippen LogP contribution is -2.37. The van der Waals surface area contributed by atoms with Crippen LogP contribution >= 0.6 is 11.8 Å². The van der Waals surface area contributed by atoms with Gasteiger partial charge < -0.3 is 15.7 Å². The molecular formula is C10H17N5O3S. The second kappa shape index (κ2) is 8.35. The molecule has 1 heterocycles. The fourth-order valence-electron chi connectivity index (χ4n) is 1.27. The molecule has 106 valence electrons. The maximum absolute atomic E-state index is 11.3. The first-order chi connectivity index (χ1) is 9.13. The van der Waals surface area contributed by atoms with E-state index < -0.39 is 5.97 Å². The number of thioether (sulfide) groups is 1. The zero-order valence-corrected chi connectivity index (χ0v) is 11.4. The van der Waals surface area contributed by atoms with E-state index in [0.29, 0.717) is 19.6 Å². The van der Waals surface area contributed by atoms with Crippen molar-refractivity contribution in [3.8, 4) is 0 Å². The van der Waals surface area contributed by atoms with Crippen LogP contribution in [-0.4, -0.2) is 57.2 Å². The van der Waals surface area contributed by atoms with Gasteiger partial charge in [-0.25, -0.2) is 14.3 Å². The monoisotopic (exact) mass is 287 g/mol. The topological polar surface area (TPSA) is 109 Å². The minimum Gasteiger partial charge on any atom is -0.476 e. The van der Waals surface area contributed by atoms with Crippen molar-refractivity contribution in [2.45, 2.75) is 13.0 Å². The van der Waals surface area contributed by atoms with E-state index in [-0.39, 0.29) is 11.7 Å². The summed E-state index contributed by atoms with van der Waals surface area (Å²) in [5, 5.41) is 21.1. The maximum Gasteiger partial charge on any atom is 0.358 e. The smallest absolute Gasteiger partial charge is 0.358 e. The van der Waals surface area contributed by atoms with E-state index in [4.69, 9.17) is 5.11 Å². The van der Waals surface area contributed by atoms with Gasteiger partial charge in [0.15, 0.2) is 5.69 Å². The zero-order chi connectivity index (χ0) is 14.1. The van der Waals surface area contributed by atoms with Crippen LogP contribution in [0.25, 0.3) is 0 Å². The van der Waals surface area contributed by atoms with Gasteiger partial charge >= 0.3 is 12.0 Å². The minimum absolute atomic E-state index is 0.110. The summed E-state index contributed by atoms with van der Waals surface area (Å²) < 4.78 is 1.37. The number of amides is 2. The molecule has 0 saturated heterocycles. The molecule has 9 heteroatoms. The Kier molecular flexibility index (Phi) is 6.72. The number of carboxylic acids is 1. The van der Waals surface area contributed by atoms with Crippen molar-refractivity contribution in [1.82, 2.24) is 25.6 Å². The van der Waals surface area contributed by atoms with Crippen molar-refractivity contribution >= 4 is 23.8 Å². The number of carboxylic acid groups (broad SMARTS) is 1. The summed E-state index contributed by atoms with van der Waals surface area (Å²) >= 11 is 1.73. The minimum atomic E-state index is -1.12. The lowest BCUT2D eigenvalue weighted by atomic mass is 10.5. The number of aromatic nitrogens is 3. The van der Waals surface area contributed by atoms with Crippen molar-refractivity contribution in [3.05, 3.63) is 11.9 Å². The van der Waals surface area contributed by atoms with Gasteiger partial charge in [-0.1, -0.05) is 5.21 Å². The fraction of sp³-hybridized carbons (Fsp3) is 0.600. The quantitative estimate of drug-likeness (QED) is 0.582. The van der Waals surface area contributed by atoms with Gasteiger partial charge in [-0.2, -0.15) is 11.8 Å². The van der Waals surface area contributed by atoms with Crippen molar-refractivity contribution < 1.29 is 14.7 Å². The molecule has 0 aliphatic heterocycles. The molecule has 0 atom stereocenters. The predicted molar refractivity (Wildman–Crippen MR) is 71.4 cm³/mol. The van der Waals surface area contributed by atoms with E-state index in [0.717, 1.165) is 12.2 Å². The second-order valence-electron chi connectivity index (χ2n) is 3.70. The van der Waals surface area contributed by atoms with Crippen molar-refractivity contribution in [1.29, 1.82) is 0 Å². The third kappa shape index (κ3) is 6.09. The lowest BCUT2D eigenvalue weighted by Gasteiger charge is -2.06. The number of carbonyl (C=O) groups is 2. The van der Waals surface area contributed by atoms with Crippen LogP contribution in [0.4, 0.5) is 4.79 Å². The number of rotatable bonds is 8. The van der Waals surface area contributed by atoms with Crippen molar-refractivity contribution in [3.63, 3.8) is 0 Å². The number of aromatic carboxylic acids is 1. The standard InChI is InChI=1S/C10H17N5O3S/c1-19-6-2-3-11-10(18)12-4-5-15-7-8(9(16)17)13-14-15/h7H,2-6H2,1H3,(H,16,17)(H2,11,12,18). The second-order valence-corrected chi connectivity index (χ2v) is 4.69. The zero-order valence-electron chi connectivity index (χ0n) is 10.6. The van der Waals surface area contributed by atoms with E-state index in [1.54, 1.807) is 11.8 Å². The molecule has 8 nitrogen and oxygen atoms in total. The van der Waals surface area contributed by atoms with Gasteiger partial charge in [-0.05, 0) is 18.4 Å². The van der Waals surface area contributed by atoms with Gasteiger partial charge in [0.1, 0.15) is 0 Å². The highest BCUT2D eigenvalue weighted by Gasteiger charge is 2.07. The fourth-order valence-corrected chi connectivity index (χ4v) is 1.70. The highest BCUT2D eigenvalue weighted by atomic mass is 32.2. The third-order valence-electron chi connectivity index (χ3n) is 2.20. The Morgan fingerprint density at radius 2 is 2.16 bits per heavy atom. The van der Waals surface area contributed by atoms with Crippen LogP contribution in [-0.2, 0) is 6.54 Å². The summed E-state index contributed by atoms with van der Waals surface area (Å²) in [7, 11) is 0. The molecule has 0 bridgehead atoms. The molecule has 1 aromatic rings. The first-order valence-corrected chi connectivity index (χ1v) is 7.17. The number of hydrogen-bond acceptors (Lipinski definition) is 5. The van der Waals surface area contributed by atoms with Crippen LogP contribution in [0, 0.1) is 0 Å². The van der Waals surface area contributed by atoms with Crippen LogP contribution < -0.4 is 10.6 Å². The van der Waals surface area contributed by atoms with Gasteiger partial charge in [0.2, 0.25) is 0 Å². The van der Waals surface area contributed by atoms with E-state index >= 15 is 0 Å². The Balaban J connectivity index is 2.15. The molecule has 1 aromatic heterocycles. The normalized spacial score (nSPS) is 10.2. The molecule has 1 rings (SSSR count).